The van der Waals surface area contributed by atoms with Gasteiger partial charge in [0.1, 0.15) is 6.10 Å². The fourth-order valence-electron chi connectivity index (χ4n) is 3.36. The van der Waals surface area contributed by atoms with Crippen LogP contribution < -0.4 is 10.0 Å². The SMILES string of the molecule is Cc1ccc(CCC(C)(C)C(=O)OC(C)CNC(=S)N(O)Cc2ccc(NS(C)(=O)=O)cc2)cc1C. The van der Waals surface area contributed by atoms with E-state index in [-0.39, 0.29) is 24.2 Å². The van der Waals surface area contributed by atoms with Crippen LogP contribution in [0.25, 0.3) is 0 Å². The van der Waals surface area contributed by atoms with E-state index in [2.05, 4.69) is 42.1 Å². The zero-order chi connectivity index (χ0) is 27.1. The molecule has 0 aliphatic heterocycles. The third kappa shape index (κ3) is 9.75. The molecule has 0 aromatic heterocycles. The van der Waals surface area contributed by atoms with Crippen molar-refractivity contribution < 1.29 is 23.2 Å². The normalized spacial score (nSPS) is 12.5. The van der Waals surface area contributed by atoms with Crippen LogP contribution in [0.1, 0.15) is 49.4 Å². The molecule has 0 bridgehead atoms. The second kappa shape index (κ2) is 12.5. The predicted molar refractivity (Wildman–Crippen MR) is 146 cm³/mol. The van der Waals surface area contributed by atoms with Gasteiger partial charge in [-0.3, -0.25) is 14.7 Å². The summed E-state index contributed by atoms with van der Waals surface area (Å²) in [4.78, 5) is 12.8. The van der Waals surface area contributed by atoms with E-state index in [4.69, 9.17) is 17.0 Å². The van der Waals surface area contributed by atoms with E-state index in [0.717, 1.165) is 23.3 Å². The average Bonchev–Trinajstić information content (AvgIpc) is 2.78. The summed E-state index contributed by atoms with van der Waals surface area (Å²) in [6.45, 7) is 10.0. The van der Waals surface area contributed by atoms with Crippen LogP contribution >= 0.6 is 12.2 Å². The molecule has 8 nitrogen and oxygen atoms in total. The molecule has 1 atom stereocenters. The van der Waals surface area contributed by atoms with E-state index in [0.29, 0.717) is 12.1 Å². The maximum absolute atomic E-state index is 12.8. The predicted octanol–water partition coefficient (Wildman–Crippen LogP) is 4.33. The molecule has 10 heteroatoms. The van der Waals surface area contributed by atoms with E-state index in [1.807, 2.05) is 13.8 Å². The Hall–Kier alpha value is -2.69. The number of rotatable bonds is 11. The number of sulfonamides is 1. The number of hydroxylamine groups is 2. The van der Waals surface area contributed by atoms with E-state index in [9.17, 15) is 18.4 Å². The summed E-state index contributed by atoms with van der Waals surface area (Å²) in [5.41, 5.74) is 4.20. The van der Waals surface area contributed by atoms with Gasteiger partial charge in [-0.25, -0.2) is 13.5 Å². The van der Waals surface area contributed by atoms with Crippen molar-refractivity contribution in [3.8, 4) is 0 Å². The van der Waals surface area contributed by atoms with Gasteiger partial charge in [0.05, 0.1) is 24.8 Å². The van der Waals surface area contributed by atoms with Crippen molar-refractivity contribution in [2.24, 2.45) is 5.41 Å². The molecule has 0 amide bonds. The molecule has 2 aromatic rings. The second-order valence-electron chi connectivity index (χ2n) is 9.83. The van der Waals surface area contributed by atoms with Gasteiger partial charge in [0.15, 0.2) is 5.11 Å². The largest absolute Gasteiger partial charge is 0.460 e. The number of nitrogens with one attached hydrogen (secondary N) is 2. The first-order valence-electron chi connectivity index (χ1n) is 11.7. The molecule has 2 rings (SSSR count). The molecular weight excluding hydrogens is 498 g/mol. The Morgan fingerprint density at radius 1 is 1.11 bits per heavy atom. The number of aryl methyl sites for hydroxylation is 3. The Bertz CT molecular complexity index is 1160. The van der Waals surface area contributed by atoms with Gasteiger partial charge >= 0.3 is 5.97 Å². The van der Waals surface area contributed by atoms with Crippen LogP contribution in [0.3, 0.4) is 0 Å². The molecule has 0 fully saturated rings. The van der Waals surface area contributed by atoms with Crippen molar-refractivity contribution in [2.75, 3.05) is 17.5 Å². The molecule has 0 saturated carbocycles. The number of hydrogen-bond donors (Lipinski definition) is 3. The number of hydrogen-bond acceptors (Lipinski definition) is 6. The van der Waals surface area contributed by atoms with Crippen LogP contribution in [-0.4, -0.2) is 48.7 Å². The first-order valence-corrected chi connectivity index (χ1v) is 14.0. The number of anilines is 1. The highest BCUT2D eigenvalue weighted by Crippen LogP contribution is 2.26. The molecule has 36 heavy (non-hydrogen) atoms. The first-order chi connectivity index (χ1) is 16.7. The lowest BCUT2D eigenvalue weighted by atomic mass is 9.86. The third-order valence-electron chi connectivity index (χ3n) is 5.84. The van der Waals surface area contributed by atoms with Gasteiger partial charge < -0.3 is 10.1 Å². The summed E-state index contributed by atoms with van der Waals surface area (Å²) in [5, 5.41) is 14.1. The maximum atomic E-state index is 12.8. The number of carbonyl (C=O) groups excluding carboxylic acids is 1. The molecule has 0 spiro atoms. The molecule has 2 aromatic carbocycles. The van der Waals surface area contributed by atoms with Crippen LogP contribution in [0, 0.1) is 19.3 Å². The number of esters is 1. The van der Waals surface area contributed by atoms with E-state index in [1.54, 1.807) is 31.2 Å². The number of nitrogens with zero attached hydrogens (tertiary/aromatic N) is 1. The standard InChI is InChI=1S/C26H37N3O5S2/c1-18-7-8-21(15-19(18)2)13-14-26(4,5)24(30)34-20(3)16-27-25(35)29(31)17-22-9-11-23(12-10-22)28-36(6,32)33/h7-12,15,20,28,31H,13-14,16-17H2,1-6H3,(H,27,35). The molecule has 0 heterocycles. The summed E-state index contributed by atoms with van der Waals surface area (Å²) in [5.74, 6) is -0.282. The zero-order valence-corrected chi connectivity index (χ0v) is 23.4. The Kier molecular flexibility index (Phi) is 10.3. The van der Waals surface area contributed by atoms with E-state index in [1.165, 1.54) is 16.7 Å². The van der Waals surface area contributed by atoms with Crippen molar-refractivity contribution in [3.05, 3.63) is 64.7 Å². The number of carbonyl (C=O) groups is 1. The van der Waals surface area contributed by atoms with E-state index >= 15 is 0 Å². The Labute approximate surface area is 220 Å². The van der Waals surface area contributed by atoms with Gasteiger partial charge in [-0.1, -0.05) is 30.3 Å². The number of thiocarbonyl (C=S) groups is 1. The van der Waals surface area contributed by atoms with Gasteiger partial charge in [-0.2, -0.15) is 0 Å². The monoisotopic (exact) mass is 535 g/mol. The summed E-state index contributed by atoms with van der Waals surface area (Å²) in [6.07, 6.45) is 2.07. The minimum absolute atomic E-state index is 0.0882. The fourth-order valence-corrected chi connectivity index (χ4v) is 4.07. The minimum atomic E-state index is -3.36. The molecule has 0 saturated heterocycles. The maximum Gasteiger partial charge on any atom is 0.311 e. The quantitative estimate of drug-likeness (QED) is 0.222. The topological polar surface area (TPSA) is 108 Å². The molecule has 3 N–H and O–H groups in total. The highest BCUT2D eigenvalue weighted by atomic mass is 32.2. The highest BCUT2D eigenvalue weighted by molar-refractivity contribution is 7.92. The molecular formula is C26H37N3O5S2. The van der Waals surface area contributed by atoms with Crippen LogP contribution in [0.2, 0.25) is 0 Å². The fraction of sp³-hybridized carbons (Fsp3) is 0.462. The van der Waals surface area contributed by atoms with Crippen LogP contribution in [0.4, 0.5) is 5.69 Å². The first kappa shape index (κ1) is 29.5. The van der Waals surface area contributed by atoms with Crippen LogP contribution in [0.15, 0.2) is 42.5 Å². The lowest BCUT2D eigenvalue weighted by Gasteiger charge is -2.26. The number of ether oxygens (including phenoxy) is 1. The summed E-state index contributed by atoms with van der Waals surface area (Å²) < 4.78 is 30.6. The Balaban J connectivity index is 1.79. The molecule has 0 radical (unpaired) electrons. The zero-order valence-electron chi connectivity index (χ0n) is 21.8. The van der Waals surface area contributed by atoms with Crippen molar-refractivity contribution in [3.63, 3.8) is 0 Å². The van der Waals surface area contributed by atoms with Crippen molar-refractivity contribution in [1.29, 1.82) is 0 Å². The number of benzene rings is 2. The van der Waals surface area contributed by atoms with Crippen LogP contribution in [0.5, 0.6) is 0 Å². The molecule has 0 aliphatic rings. The molecule has 0 aliphatic carbocycles. The molecule has 1 unspecified atom stereocenters. The summed E-state index contributed by atoms with van der Waals surface area (Å²) in [7, 11) is -3.36. The van der Waals surface area contributed by atoms with Crippen LogP contribution in [-0.2, 0) is 32.5 Å². The van der Waals surface area contributed by atoms with Crippen molar-refractivity contribution in [1.82, 2.24) is 10.4 Å². The lowest BCUT2D eigenvalue weighted by Crippen LogP contribution is -2.42. The Morgan fingerprint density at radius 2 is 1.72 bits per heavy atom. The summed E-state index contributed by atoms with van der Waals surface area (Å²) in [6, 6.07) is 12.9. The van der Waals surface area contributed by atoms with Gasteiger partial charge in [-0.05, 0) is 94.1 Å². The van der Waals surface area contributed by atoms with Gasteiger partial charge in [0, 0.05) is 5.69 Å². The third-order valence-corrected chi connectivity index (χ3v) is 6.80. The Morgan fingerprint density at radius 3 is 2.31 bits per heavy atom. The van der Waals surface area contributed by atoms with Gasteiger partial charge in [0.25, 0.3) is 0 Å². The van der Waals surface area contributed by atoms with E-state index < -0.39 is 21.5 Å². The van der Waals surface area contributed by atoms with Gasteiger partial charge in [0.2, 0.25) is 10.0 Å². The highest BCUT2D eigenvalue weighted by Gasteiger charge is 2.30. The lowest BCUT2D eigenvalue weighted by molar-refractivity contribution is -0.158. The van der Waals surface area contributed by atoms with Crippen molar-refractivity contribution >= 4 is 39.0 Å². The smallest absolute Gasteiger partial charge is 0.311 e. The van der Waals surface area contributed by atoms with Gasteiger partial charge in [-0.15, -0.1) is 0 Å². The molecule has 198 valence electrons. The second-order valence-corrected chi connectivity index (χ2v) is 12.0. The average molecular weight is 536 g/mol. The summed E-state index contributed by atoms with van der Waals surface area (Å²) >= 11 is 5.23. The minimum Gasteiger partial charge on any atom is -0.460 e. The van der Waals surface area contributed by atoms with Crippen molar-refractivity contribution in [2.45, 2.75) is 60.1 Å².